The van der Waals surface area contributed by atoms with Gasteiger partial charge in [0.2, 0.25) is 0 Å². The van der Waals surface area contributed by atoms with Crippen LogP contribution in [-0.2, 0) is 6.54 Å². The molecule has 0 spiro atoms. The molecule has 4 heteroatoms. The van der Waals surface area contributed by atoms with Gasteiger partial charge in [-0.05, 0) is 6.07 Å². The molecule has 0 heterocycles. The summed E-state index contributed by atoms with van der Waals surface area (Å²) in [5, 5.41) is 8.20. The van der Waals surface area contributed by atoms with Crippen LogP contribution in [0.5, 0.6) is 0 Å². The van der Waals surface area contributed by atoms with Gasteiger partial charge >= 0.3 is 0 Å². The Balaban J connectivity index is 2.90. The van der Waals surface area contributed by atoms with Gasteiger partial charge in [0.25, 0.3) is 0 Å². The minimum Gasteiger partial charge on any atom is -0.316 e. The predicted molar refractivity (Wildman–Crippen MR) is 35.0 cm³/mol. The van der Waals surface area contributed by atoms with Crippen molar-refractivity contribution in [2.24, 2.45) is 0 Å². The highest BCUT2D eigenvalue weighted by Crippen LogP contribution is 2.08. The zero-order chi connectivity index (χ0) is 8.27. The SMILES string of the molecule is ONCc1ccc(F)cc1F. The highest BCUT2D eigenvalue weighted by atomic mass is 19.1. The Morgan fingerprint density at radius 1 is 1.36 bits per heavy atom. The second-order valence-corrected chi connectivity index (χ2v) is 2.07. The van der Waals surface area contributed by atoms with Crippen molar-refractivity contribution in [3.05, 3.63) is 35.4 Å². The van der Waals surface area contributed by atoms with Crippen molar-refractivity contribution in [2.75, 3.05) is 0 Å². The van der Waals surface area contributed by atoms with Gasteiger partial charge in [0.05, 0.1) is 0 Å². The molecule has 0 aliphatic rings. The number of hydrogen-bond donors (Lipinski definition) is 2. The average molecular weight is 159 g/mol. The summed E-state index contributed by atoms with van der Waals surface area (Å²) >= 11 is 0. The van der Waals surface area contributed by atoms with E-state index in [1.807, 2.05) is 0 Å². The van der Waals surface area contributed by atoms with Gasteiger partial charge in [-0.25, -0.2) is 14.3 Å². The minimum absolute atomic E-state index is 0.0217. The smallest absolute Gasteiger partial charge is 0.130 e. The molecular weight excluding hydrogens is 152 g/mol. The standard InChI is InChI=1S/C7H7F2NO/c8-6-2-1-5(4-10-11)7(9)3-6/h1-3,10-11H,4H2. The molecule has 0 saturated carbocycles. The van der Waals surface area contributed by atoms with Crippen molar-refractivity contribution in [1.82, 2.24) is 5.48 Å². The highest BCUT2D eigenvalue weighted by molar-refractivity contribution is 5.17. The van der Waals surface area contributed by atoms with Crippen molar-refractivity contribution in [3.63, 3.8) is 0 Å². The third kappa shape index (κ3) is 1.96. The third-order valence-corrected chi connectivity index (χ3v) is 1.28. The lowest BCUT2D eigenvalue weighted by Gasteiger charge is -1.99. The Kier molecular flexibility index (Phi) is 2.51. The molecule has 2 N–H and O–H groups in total. The minimum atomic E-state index is -0.661. The van der Waals surface area contributed by atoms with Gasteiger partial charge in [0, 0.05) is 18.2 Å². The molecule has 0 saturated heterocycles. The molecule has 0 unspecified atom stereocenters. The second-order valence-electron chi connectivity index (χ2n) is 2.07. The Hall–Kier alpha value is -1.00. The lowest BCUT2D eigenvalue weighted by Crippen LogP contribution is -2.07. The van der Waals surface area contributed by atoms with Crippen LogP contribution in [0.25, 0.3) is 0 Å². The fraction of sp³-hybridized carbons (Fsp3) is 0.143. The van der Waals surface area contributed by atoms with E-state index < -0.39 is 11.6 Å². The van der Waals surface area contributed by atoms with Crippen LogP contribution in [0.3, 0.4) is 0 Å². The van der Waals surface area contributed by atoms with Crippen LogP contribution >= 0.6 is 0 Å². The number of halogens is 2. The van der Waals surface area contributed by atoms with Crippen LogP contribution in [0.1, 0.15) is 5.56 Å². The molecular formula is C7H7F2NO. The number of rotatable bonds is 2. The average Bonchev–Trinajstić information content (AvgIpc) is 1.95. The lowest BCUT2D eigenvalue weighted by atomic mass is 10.2. The van der Waals surface area contributed by atoms with E-state index in [0.29, 0.717) is 0 Å². The first-order valence-electron chi connectivity index (χ1n) is 3.05. The van der Waals surface area contributed by atoms with Gasteiger partial charge in [0.15, 0.2) is 0 Å². The predicted octanol–water partition coefficient (Wildman–Crippen LogP) is 1.44. The summed E-state index contributed by atoms with van der Waals surface area (Å²) in [5.41, 5.74) is 2.01. The van der Waals surface area contributed by atoms with Crippen LogP contribution in [0.15, 0.2) is 18.2 Å². The summed E-state index contributed by atoms with van der Waals surface area (Å²) in [7, 11) is 0. The van der Waals surface area contributed by atoms with Gasteiger partial charge in [-0.3, -0.25) is 0 Å². The van der Waals surface area contributed by atoms with E-state index in [1.54, 1.807) is 5.48 Å². The molecule has 2 nitrogen and oxygen atoms in total. The van der Waals surface area contributed by atoms with Crippen molar-refractivity contribution in [2.45, 2.75) is 6.54 Å². The maximum Gasteiger partial charge on any atom is 0.130 e. The zero-order valence-corrected chi connectivity index (χ0v) is 5.64. The van der Waals surface area contributed by atoms with Crippen LogP contribution in [0, 0.1) is 11.6 Å². The van der Waals surface area contributed by atoms with E-state index >= 15 is 0 Å². The van der Waals surface area contributed by atoms with Crippen LogP contribution < -0.4 is 5.48 Å². The van der Waals surface area contributed by atoms with Crippen molar-refractivity contribution in [3.8, 4) is 0 Å². The third-order valence-electron chi connectivity index (χ3n) is 1.28. The molecule has 60 valence electrons. The molecule has 1 aromatic rings. The summed E-state index contributed by atoms with van der Waals surface area (Å²) in [6, 6.07) is 3.18. The first kappa shape index (κ1) is 8.10. The van der Waals surface area contributed by atoms with Crippen LogP contribution in [-0.4, -0.2) is 5.21 Å². The van der Waals surface area contributed by atoms with Crippen molar-refractivity contribution >= 4 is 0 Å². The highest BCUT2D eigenvalue weighted by Gasteiger charge is 2.01. The van der Waals surface area contributed by atoms with Crippen molar-refractivity contribution in [1.29, 1.82) is 0 Å². The van der Waals surface area contributed by atoms with Crippen LogP contribution in [0.2, 0.25) is 0 Å². The Labute approximate surface area is 62.4 Å². The molecule has 0 atom stereocenters. The zero-order valence-electron chi connectivity index (χ0n) is 5.64. The second kappa shape index (κ2) is 3.41. The van der Waals surface area contributed by atoms with E-state index in [0.717, 1.165) is 12.1 Å². The summed E-state index contributed by atoms with van der Waals surface area (Å²) in [5.74, 6) is -1.28. The molecule has 0 aliphatic carbocycles. The maximum absolute atomic E-state index is 12.6. The summed E-state index contributed by atoms with van der Waals surface area (Å²) < 4.78 is 24.9. The van der Waals surface area contributed by atoms with E-state index in [2.05, 4.69) is 0 Å². The van der Waals surface area contributed by atoms with E-state index in [4.69, 9.17) is 5.21 Å². The van der Waals surface area contributed by atoms with Gasteiger partial charge in [-0.15, -0.1) is 0 Å². The van der Waals surface area contributed by atoms with Crippen LogP contribution in [0.4, 0.5) is 8.78 Å². The topological polar surface area (TPSA) is 32.3 Å². The van der Waals surface area contributed by atoms with E-state index in [-0.39, 0.29) is 12.1 Å². The van der Waals surface area contributed by atoms with E-state index in [9.17, 15) is 8.78 Å². The van der Waals surface area contributed by atoms with Gasteiger partial charge < -0.3 is 5.21 Å². The molecule has 1 aromatic carbocycles. The van der Waals surface area contributed by atoms with Crippen molar-refractivity contribution < 1.29 is 14.0 Å². The molecule has 0 aromatic heterocycles. The Bertz CT molecular complexity index is 252. The monoisotopic (exact) mass is 159 g/mol. The maximum atomic E-state index is 12.6. The molecule has 0 fully saturated rings. The quantitative estimate of drug-likeness (QED) is 0.640. The summed E-state index contributed by atoms with van der Waals surface area (Å²) in [6.45, 7) is -0.0217. The summed E-state index contributed by atoms with van der Waals surface area (Å²) in [6.07, 6.45) is 0. The molecule has 1 rings (SSSR count). The summed E-state index contributed by atoms with van der Waals surface area (Å²) in [4.78, 5) is 0. The fourth-order valence-corrected chi connectivity index (χ4v) is 0.750. The van der Waals surface area contributed by atoms with Gasteiger partial charge in [-0.2, -0.15) is 0 Å². The largest absolute Gasteiger partial charge is 0.316 e. The molecule has 11 heavy (non-hydrogen) atoms. The number of hydroxylamine groups is 1. The molecule has 0 aliphatic heterocycles. The number of nitrogens with one attached hydrogen (secondary N) is 1. The number of hydrogen-bond acceptors (Lipinski definition) is 2. The first-order valence-corrected chi connectivity index (χ1v) is 3.05. The van der Waals surface area contributed by atoms with Gasteiger partial charge in [0.1, 0.15) is 11.6 Å². The molecule has 0 radical (unpaired) electrons. The normalized spacial score (nSPS) is 10.1. The van der Waals surface area contributed by atoms with Gasteiger partial charge in [-0.1, -0.05) is 6.07 Å². The molecule has 0 bridgehead atoms. The number of benzene rings is 1. The lowest BCUT2D eigenvalue weighted by molar-refractivity contribution is 0.160. The Morgan fingerprint density at radius 3 is 2.64 bits per heavy atom. The molecule has 0 amide bonds. The first-order chi connectivity index (χ1) is 5.24. The van der Waals surface area contributed by atoms with E-state index in [1.165, 1.54) is 6.07 Å². The fourth-order valence-electron chi connectivity index (χ4n) is 0.750. The Morgan fingerprint density at radius 2 is 2.09 bits per heavy atom.